The quantitative estimate of drug-likeness (QED) is 0.808. The zero-order valence-corrected chi connectivity index (χ0v) is 11.4. The predicted molar refractivity (Wildman–Crippen MR) is 75.3 cm³/mol. The van der Waals surface area contributed by atoms with Gasteiger partial charge in [-0.05, 0) is 38.2 Å². The van der Waals surface area contributed by atoms with Gasteiger partial charge in [-0.25, -0.2) is 0 Å². The standard InChI is InChI=1S/C14H23N3O/c1-4-6-13(15)14(18)16-12-8-5-7-11(9-12)10-17(2)3/h5,7-9,13H,4,6,10,15H2,1-3H3,(H,16,18). The molecule has 0 saturated heterocycles. The molecule has 1 aromatic carbocycles. The Hall–Kier alpha value is -1.39. The number of carbonyl (C=O) groups excluding carboxylic acids is 1. The maximum absolute atomic E-state index is 11.8. The maximum Gasteiger partial charge on any atom is 0.241 e. The summed E-state index contributed by atoms with van der Waals surface area (Å²) in [5.74, 6) is -0.112. The Balaban J connectivity index is 2.64. The van der Waals surface area contributed by atoms with Crippen molar-refractivity contribution in [3.05, 3.63) is 29.8 Å². The molecule has 100 valence electrons. The minimum atomic E-state index is -0.424. The molecule has 18 heavy (non-hydrogen) atoms. The Morgan fingerprint density at radius 3 is 2.78 bits per heavy atom. The van der Waals surface area contributed by atoms with E-state index in [1.807, 2.05) is 45.3 Å². The first-order valence-corrected chi connectivity index (χ1v) is 6.33. The first-order valence-electron chi connectivity index (χ1n) is 6.33. The lowest BCUT2D eigenvalue weighted by molar-refractivity contribution is -0.117. The van der Waals surface area contributed by atoms with Gasteiger partial charge in [0.2, 0.25) is 5.91 Å². The highest BCUT2D eigenvalue weighted by molar-refractivity contribution is 5.94. The summed E-state index contributed by atoms with van der Waals surface area (Å²) in [5, 5.41) is 2.86. The van der Waals surface area contributed by atoms with Gasteiger partial charge < -0.3 is 16.0 Å². The molecule has 1 amide bonds. The number of rotatable bonds is 6. The van der Waals surface area contributed by atoms with E-state index in [0.717, 1.165) is 18.7 Å². The zero-order valence-electron chi connectivity index (χ0n) is 11.4. The molecule has 0 spiro atoms. The summed E-state index contributed by atoms with van der Waals surface area (Å²) in [5.41, 5.74) is 7.75. The fraction of sp³-hybridized carbons (Fsp3) is 0.500. The third kappa shape index (κ3) is 4.85. The second kappa shape index (κ2) is 7.13. The van der Waals surface area contributed by atoms with Crippen LogP contribution < -0.4 is 11.1 Å². The van der Waals surface area contributed by atoms with E-state index in [1.54, 1.807) is 0 Å². The number of hydrogen-bond acceptors (Lipinski definition) is 3. The van der Waals surface area contributed by atoms with Crippen molar-refractivity contribution in [3.63, 3.8) is 0 Å². The van der Waals surface area contributed by atoms with Gasteiger partial charge in [0, 0.05) is 12.2 Å². The smallest absolute Gasteiger partial charge is 0.241 e. The molecule has 0 bridgehead atoms. The van der Waals surface area contributed by atoms with Gasteiger partial charge >= 0.3 is 0 Å². The molecular weight excluding hydrogens is 226 g/mol. The molecule has 0 aliphatic heterocycles. The molecule has 4 nitrogen and oxygen atoms in total. The summed E-state index contributed by atoms with van der Waals surface area (Å²) in [4.78, 5) is 13.9. The molecule has 0 aliphatic rings. The minimum Gasteiger partial charge on any atom is -0.325 e. The van der Waals surface area contributed by atoms with E-state index in [4.69, 9.17) is 5.73 Å². The third-order valence-electron chi connectivity index (χ3n) is 2.63. The number of amides is 1. The molecule has 1 unspecified atom stereocenters. The Bertz CT molecular complexity index is 390. The molecule has 4 heteroatoms. The van der Waals surface area contributed by atoms with Crippen LogP contribution in [-0.4, -0.2) is 30.9 Å². The van der Waals surface area contributed by atoms with Crippen LogP contribution in [0.25, 0.3) is 0 Å². The lowest BCUT2D eigenvalue weighted by Crippen LogP contribution is -2.35. The number of nitrogens with one attached hydrogen (secondary N) is 1. The minimum absolute atomic E-state index is 0.112. The largest absolute Gasteiger partial charge is 0.325 e. The fourth-order valence-corrected chi connectivity index (χ4v) is 1.79. The van der Waals surface area contributed by atoms with Gasteiger partial charge in [0.05, 0.1) is 6.04 Å². The molecule has 0 aromatic heterocycles. The Morgan fingerprint density at radius 2 is 2.17 bits per heavy atom. The SMILES string of the molecule is CCCC(N)C(=O)Nc1cccc(CN(C)C)c1. The second-order valence-electron chi connectivity index (χ2n) is 4.82. The van der Waals surface area contributed by atoms with Crippen molar-refractivity contribution < 1.29 is 4.79 Å². The van der Waals surface area contributed by atoms with Crippen LogP contribution in [0, 0.1) is 0 Å². The van der Waals surface area contributed by atoms with Gasteiger partial charge in [0.1, 0.15) is 0 Å². The Morgan fingerprint density at radius 1 is 1.44 bits per heavy atom. The van der Waals surface area contributed by atoms with Gasteiger partial charge in [0.25, 0.3) is 0 Å². The summed E-state index contributed by atoms with van der Waals surface area (Å²) in [6.45, 7) is 2.87. The average molecular weight is 249 g/mol. The highest BCUT2D eigenvalue weighted by Gasteiger charge is 2.12. The van der Waals surface area contributed by atoms with Gasteiger partial charge in [-0.15, -0.1) is 0 Å². The van der Waals surface area contributed by atoms with Crippen LogP contribution in [0.15, 0.2) is 24.3 Å². The van der Waals surface area contributed by atoms with Crippen LogP contribution in [-0.2, 0) is 11.3 Å². The average Bonchev–Trinajstić information content (AvgIpc) is 2.28. The van der Waals surface area contributed by atoms with Crippen LogP contribution in [0.4, 0.5) is 5.69 Å². The van der Waals surface area contributed by atoms with Crippen molar-refractivity contribution in [3.8, 4) is 0 Å². The van der Waals surface area contributed by atoms with Crippen LogP contribution in [0.2, 0.25) is 0 Å². The summed E-state index contributed by atoms with van der Waals surface area (Å²) < 4.78 is 0. The molecule has 1 aromatic rings. The summed E-state index contributed by atoms with van der Waals surface area (Å²) in [7, 11) is 4.03. The zero-order chi connectivity index (χ0) is 13.5. The molecule has 0 radical (unpaired) electrons. The Labute approximate surface area is 109 Å². The van der Waals surface area contributed by atoms with Crippen molar-refractivity contribution in [1.82, 2.24) is 4.90 Å². The number of anilines is 1. The first kappa shape index (κ1) is 14.7. The van der Waals surface area contributed by atoms with Crippen LogP contribution in [0.3, 0.4) is 0 Å². The van der Waals surface area contributed by atoms with E-state index in [0.29, 0.717) is 6.42 Å². The maximum atomic E-state index is 11.8. The highest BCUT2D eigenvalue weighted by atomic mass is 16.2. The first-order chi connectivity index (χ1) is 8.52. The lowest BCUT2D eigenvalue weighted by Gasteiger charge is -2.13. The van der Waals surface area contributed by atoms with Crippen molar-refractivity contribution in [2.75, 3.05) is 19.4 Å². The van der Waals surface area contributed by atoms with E-state index in [1.165, 1.54) is 5.56 Å². The molecule has 3 N–H and O–H groups in total. The van der Waals surface area contributed by atoms with Crippen molar-refractivity contribution in [1.29, 1.82) is 0 Å². The molecule has 0 heterocycles. The molecule has 0 saturated carbocycles. The molecule has 0 fully saturated rings. The van der Waals surface area contributed by atoms with Gasteiger partial charge in [0.15, 0.2) is 0 Å². The van der Waals surface area contributed by atoms with Crippen molar-refractivity contribution in [2.24, 2.45) is 5.73 Å². The van der Waals surface area contributed by atoms with E-state index in [9.17, 15) is 4.79 Å². The van der Waals surface area contributed by atoms with Crippen molar-refractivity contribution in [2.45, 2.75) is 32.4 Å². The fourth-order valence-electron chi connectivity index (χ4n) is 1.79. The number of hydrogen-bond donors (Lipinski definition) is 2. The van der Waals surface area contributed by atoms with Gasteiger partial charge in [-0.2, -0.15) is 0 Å². The summed E-state index contributed by atoms with van der Waals surface area (Å²) in [6.07, 6.45) is 1.62. The van der Waals surface area contributed by atoms with Gasteiger partial charge in [-0.3, -0.25) is 4.79 Å². The molecule has 1 atom stereocenters. The molecular formula is C14H23N3O. The number of nitrogens with zero attached hydrogens (tertiary/aromatic N) is 1. The summed E-state index contributed by atoms with van der Waals surface area (Å²) in [6, 6.07) is 7.43. The van der Waals surface area contributed by atoms with E-state index < -0.39 is 6.04 Å². The van der Waals surface area contributed by atoms with E-state index in [-0.39, 0.29) is 5.91 Å². The van der Waals surface area contributed by atoms with E-state index >= 15 is 0 Å². The normalized spacial score (nSPS) is 12.5. The van der Waals surface area contributed by atoms with Crippen LogP contribution >= 0.6 is 0 Å². The van der Waals surface area contributed by atoms with E-state index in [2.05, 4.69) is 10.2 Å². The Kier molecular flexibility index (Phi) is 5.82. The summed E-state index contributed by atoms with van der Waals surface area (Å²) >= 11 is 0. The lowest BCUT2D eigenvalue weighted by atomic mass is 10.1. The monoisotopic (exact) mass is 249 g/mol. The van der Waals surface area contributed by atoms with Crippen LogP contribution in [0.5, 0.6) is 0 Å². The molecule has 0 aliphatic carbocycles. The highest BCUT2D eigenvalue weighted by Crippen LogP contribution is 2.12. The van der Waals surface area contributed by atoms with Crippen LogP contribution in [0.1, 0.15) is 25.3 Å². The molecule has 1 rings (SSSR count). The number of carbonyl (C=O) groups is 1. The predicted octanol–water partition coefficient (Wildman–Crippen LogP) is 1.81. The van der Waals surface area contributed by atoms with Gasteiger partial charge in [-0.1, -0.05) is 25.5 Å². The topological polar surface area (TPSA) is 58.4 Å². The number of nitrogens with two attached hydrogens (primary N) is 1. The van der Waals surface area contributed by atoms with Crippen molar-refractivity contribution >= 4 is 11.6 Å². The number of benzene rings is 1. The second-order valence-corrected chi connectivity index (χ2v) is 4.82. The third-order valence-corrected chi connectivity index (χ3v) is 2.63.